The highest BCUT2D eigenvalue weighted by Crippen LogP contribution is 2.29. The van der Waals surface area contributed by atoms with Gasteiger partial charge in [0.15, 0.2) is 10.6 Å². The van der Waals surface area contributed by atoms with Crippen LogP contribution in [0.1, 0.15) is 23.1 Å². The predicted octanol–water partition coefficient (Wildman–Crippen LogP) is 4.68. The molecule has 0 saturated carbocycles. The van der Waals surface area contributed by atoms with Crippen molar-refractivity contribution in [3.8, 4) is 11.4 Å². The molecule has 3 aromatic rings. The molecule has 0 bridgehead atoms. The predicted molar refractivity (Wildman–Crippen MR) is 110 cm³/mol. The summed E-state index contributed by atoms with van der Waals surface area (Å²) in [6.45, 7) is 2.69. The Bertz CT molecular complexity index is 1070. The molecule has 0 aliphatic heterocycles. The molecule has 3 rings (SSSR count). The van der Waals surface area contributed by atoms with E-state index in [0.29, 0.717) is 30.1 Å². The minimum Gasteiger partial charge on any atom is -0.356 e. The monoisotopic (exact) mass is 434 g/mol. The molecule has 1 amide bonds. The molecule has 158 valence electrons. The molecule has 5 nitrogen and oxygen atoms in total. The van der Waals surface area contributed by atoms with Gasteiger partial charge in [-0.2, -0.15) is 18.3 Å². The number of rotatable bonds is 7. The third-order valence-corrected chi connectivity index (χ3v) is 4.93. The molecule has 0 radical (unpaired) electrons. The Labute approximate surface area is 176 Å². The number of aryl methyl sites for hydroxylation is 1. The number of halogens is 3. The van der Waals surface area contributed by atoms with Crippen molar-refractivity contribution in [2.24, 2.45) is 0 Å². The van der Waals surface area contributed by atoms with E-state index in [0.717, 1.165) is 28.8 Å². The quantitative estimate of drug-likeness (QED) is 0.531. The lowest BCUT2D eigenvalue weighted by atomic mass is 10.1. The number of benzene rings is 2. The number of alkyl halides is 3. The second-order valence-corrected chi connectivity index (χ2v) is 7.30. The van der Waals surface area contributed by atoms with Crippen molar-refractivity contribution < 1.29 is 18.0 Å². The van der Waals surface area contributed by atoms with Crippen LogP contribution in [0.15, 0.2) is 48.5 Å². The van der Waals surface area contributed by atoms with Gasteiger partial charge >= 0.3 is 6.18 Å². The van der Waals surface area contributed by atoms with E-state index < -0.39 is 11.7 Å². The molecule has 2 N–H and O–H groups in total. The van der Waals surface area contributed by atoms with E-state index in [4.69, 9.17) is 12.2 Å². The van der Waals surface area contributed by atoms with E-state index in [1.54, 1.807) is 4.57 Å². The van der Waals surface area contributed by atoms with Gasteiger partial charge in [0.1, 0.15) is 0 Å². The second kappa shape index (κ2) is 9.25. The van der Waals surface area contributed by atoms with Crippen LogP contribution in [-0.4, -0.2) is 27.2 Å². The molecule has 30 heavy (non-hydrogen) atoms. The molecule has 9 heteroatoms. The fourth-order valence-electron chi connectivity index (χ4n) is 3.04. The van der Waals surface area contributed by atoms with Crippen molar-refractivity contribution >= 4 is 18.1 Å². The van der Waals surface area contributed by atoms with Crippen LogP contribution in [-0.2, 0) is 23.9 Å². The first-order chi connectivity index (χ1) is 14.2. The zero-order valence-corrected chi connectivity index (χ0v) is 17.1. The molecule has 0 aliphatic rings. The van der Waals surface area contributed by atoms with Gasteiger partial charge in [-0.1, -0.05) is 35.9 Å². The van der Waals surface area contributed by atoms with Crippen LogP contribution in [0.5, 0.6) is 0 Å². The number of hydrogen-bond acceptors (Lipinski definition) is 3. The van der Waals surface area contributed by atoms with Gasteiger partial charge < -0.3 is 5.32 Å². The number of H-pyrrole nitrogens is 1. The van der Waals surface area contributed by atoms with Crippen LogP contribution in [0, 0.1) is 11.7 Å². The molecular formula is C21H21F3N4OS. The lowest BCUT2D eigenvalue weighted by Gasteiger charge is -2.09. The summed E-state index contributed by atoms with van der Waals surface area (Å²) in [5, 5.41) is 9.81. The SMILES string of the molecule is Cc1cccc(-c2n[nH]c(=S)n2CCC(=O)NCCc2ccc(C(F)(F)F)cc2)c1. The molecular weight excluding hydrogens is 413 g/mol. The van der Waals surface area contributed by atoms with Crippen LogP contribution >= 0.6 is 12.2 Å². The molecule has 0 unspecified atom stereocenters. The molecule has 1 heterocycles. The Kier molecular flexibility index (Phi) is 6.71. The third-order valence-electron chi connectivity index (χ3n) is 4.61. The Balaban J connectivity index is 1.52. The number of amides is 1. The Morgan fingerprint density at radius 2 is 1.93 bits per heavy atom. The minimum atomic E-state index is -4.35. The fraction of sp³-hybridized carbons (Fsp3) is 0.286. The average Bonchev–Trinajstić information content (AvgIpc) is 3.06. The van der Waals surface area contributed by atoms with E-state index in [1.165, 1.54) is 12.1 Å². The molecule has 1 aromatic heterocycles. The fourth-order valence-corrected chi connectivity index (χ4v) is 3.26. The number of aromatic nitrogens is 3. The van der Waals surface area contributed by atoms with Gasteiger partial charge in [0, 0.05) is 25.1 Å². The Morgan fingerprint density at radius 1 is 1.20 bits per heavy atom. The normalized spacial score (nSPS) is 11.5. The van der Waals surface area contributed by atoms with Gasteiger partial charge in [-0.25, -0.2) is 0 Å². The first kappa shape index (κ1) is 21.8. The highest BCUT2D eigenvalue weighted by molar-refractivity contribution is 7.71. The summed E-state index contributed by atoms with van der Waals surface area (Å²) >= 11 is 5.28. The Hall–Kier alpha value is -2.94. The topological polar surface area (TPSA) is 62.7 Å². The number of carbonyl (C=O) groups is 1. The van der Waals surface area contributed by atoms with Crippen LogP contribution in [0.2, 0.25) is 0 Å². The Morgan fingerprint density at radius 3 is 2.60 bits per heavy atom. The smallest absolute Gasteiger partial charge is 0.356 e. The van der Waals surface area contributed by atoms with Crippen LogP contribution in [0.25, 0.3) is 11.4 Å². The summed E-state index contributed by atoms with van der Waals surface area (Å²) < 4.78 is 40.0. The lowest BCUT2D eigenvalue weighted by molar-refractivity contribution is -0.137. The van der Waals surface area contributed by atoms with E-state index in [-0.39, 0.29) is 12.3 Å². The number of hydrogen-bond donors (Lipinski definition) is 2. The van der Waals surface area contributed by atoms with Gasteiger partial charge in [0.05, 0.1) is 5.56 Å². The first-order valence-corrected chi connectivity index (χ1v) is 9.80. The average molecular weight is 434 g/mol. The standard InChI is InChI=1S/C21H21F3N4OS/c1-14-3-2-4-16(13-14)19-26-27-20(30)28(19)12-10-18(29)25-11-9-15-5-7-17(8-6-15)21(22,23)24/h2-8,13H,9-12H2,1H3,(H,25,29)(H,27,30). The largest absolute Gasteiger partial charge is 0.416 e. The van der Waals surface area contributed by atoms with Crippen LogP contribution < -0.4 is 5.32 Å². The van der Waals surface area contributed by atoms with E-state index in [9.17, 15) is 18.0 Å². The van der Waals surface area contributed by atoms with E-state index in [2.05, 4.69) is 15.5 Å². The summed E-state index contributed by atoms with van der Waals surface area (Å²) in [6, 6.07) is 12.8. The summed E-state index contributed by atoms with van der Waals surface area (Å²) in [5.74, 6) is 0.501. The van der Waals surface area contributed by atoms with Crippen molar-refractivity contribution in [2.45, 2.75) is 32.5 Å². The summed E-state index contributed by atoms with van der Waals surface area (Å²) in [5.41, 5.74) is 2.04. The molecule has 0 aliphatic carbocycles. The van der Waals surface area contributed by atoms with Gasteiger partial charge in [-0.05, 0) is 49.3 Å². The second-order valence-electron chi connectivity index (χ2n) is 6.92. The van der Waals surface area contributed by atoms with Gasteiger partial charge in [-0.3, -0.25) is 14.5 Å². The van der Waals surface area contributed by atoms with Crippen molar-refractivity contribution in [1.82, 2.24) is 20.1 Å². The molecule has 0 fully saturated rings. The maximum atomic E-state index is 12.6. The van der Waals surface area contributed by atoms with Gasteiger partial charge in [0.2, 0.25) is 5.91 Å². The maximum absolute atomic E-state index is 12.6. The first-order valence-electron chi connectivity index (χ1n) is 9.39. The highest BCUT2D eigenvalue weighted by Gasteiger charge is 2.29. The highest BCUT2D eigenvalue weighted by atomic mass is 32.1. The van der Waals surface area contributed by atoms with E-state index in [1.807, 2.05) is 31.2 Å². The number of aromatic amines is 1. The zero-order valence-electron chi connectivity index (χ0n) is 16.3. The zero-order chi connectivity index (χ0) is 21.7. The van der Waals surface area contributed by atoms with Gasteiger partial charge in [0.25, 0.3) is 0 Å². The van der Waals surface area contributed by atoms with Crippen molar-refractivity contribution in [3.05, 3.63) is 70.0 Å². The maximum Gasteiger partial charge on any atom is 0.416 e. The van der Waals surface area contributed by atoms with Crippen molar-refractivity contribution in [2.75, 3.05) is 6.54 Å². The van der Waals surface area contributed by atoms with E-state index >= 15 is 0 Å². The molecule has 0 saturated heterocycles. The molecule has 0 spiro atoms. The minimum absolute atomic E-state index is 0.166. The lowest BCUT2D eigenvalue weighted by Crippen LogP contribution is -2.26. The van der Waals surface area contributed by atoms with Crippen LogP contribution in [0.4, 0.5) is 13.2 Å². The summed E-state index contributed by atoms with van der Waals surface area (Å²) in [7, 11) is 0. The number of carbonyl (C=O) groups excluding carboxylic acids is 1. The summed E-state index contributed by atoms with van der Waals surface area (Å²) in [6.07, 6.45) is -3.69. The number of nitrogens with one attached hydrogen (secondary N) is 2. The third kappa shape index (κ3) is 5.56. The summed E-state index contributed by atoms with van der Waals surface area (Å²) in [4.78, 5) is 12.2. The number of nitrogens with zero attached hydrogens (tertiary/aromatic N) is 2. The van der Waals surface area contributed by atoms with Crippen molar-refractivity contribution in [1.29, 1.82) is 0 Å². The van der Waals surface area contributed by atoms with Crippen LogP contribution in [0.3, 0.4) is 0 Å². The van der Waals surface area contributed by atoms with Crippen molar-refractivity contribution in [3.63, 3.8) is 0 Å². The molecule has 2 aromatic carbocycles. The molecule has 0 atom stereocenters. The van der Waals surface area contributed by atoms with Gasteiger partial charge in [-0.15, -0.1) is 0 Å².